The van der Waals surface area contributed by atoms with Crippen LogP contribution < -0.4 is 11.2 Å². The van der Waals surface area contributed by atoms with E-state index < -0.39 is 5.91 Å². The van der Waals surface area contributed by atoms with Gasteiger partial charge in [0.1, 0.15) is 0 Å². The summed E-state index contributed by atoms with van der Waals surface area (Å²) in [7, 11) is 0. The lowest BCUT2D eigenvalue weighted by Crippen LogP contribution is -2.29. The summed E-state index contributed by atoms with van der Waals surface area (Å²) >= 11 is 0. The number of rotatable bonds is 4. The SMILES string of the molecule is NC(=O)CONC(=O)c1ccc2c(c1)CCC2. The number of nitrogens with two attached hydrogens (primary N) is 1. The van der Waals surface area contributed by atoms with E-state index in [1.54, 1.807) is 6.07 Å². The average Bonchev–Trinajstić information content (AvgIpc) is 2.75. The zero-order chi connectivity index (χ0) is 12.3. The molecule has 17 heavy (non-hydrogen) atoms. The van der Waals surface area contributed by atoms with Gasteiger partial charge in [-0.25, -0.2) is 5.48 Å². The Bertz CT molecular complexity index is 457. The molecule has 2 rings (SSSR count). The Labute approximate surface area is 98.9 Å². The molecule has 0 aromatic heterocycles. The number of hydrogen-bond acceptors (Lipinski definition) is 3. The second kappa shape index (κ2) is 4.97. The van der Waals surface area contributed by atoms with E-state index in [-0.39, 0.29) is 12.5 Å². The predicted molar refractivity (Wildman–Crippen MR) is 61.1 cm³/mol. The van der Waals surface area contributed by atoms with Crippen LogP contribution in [0.25, 0.3) is 0 Å². The largest absolute Gasteiger partial charge is 0.368 e. The van der Waals surface area contributed by atoms with Crippen molar-refractivity contribution in [2.45, 2.75) is 19.3 Å². The van der Waals surface area contributed by atoms with Crippen LogP contribution in [0.5, 0.6) is 0 Å². The second-order valence-corrected chi connectivity index (χ2v) is 4.02. The van der Waals surface area contributed by atoms with Crippen LogP contribution in [0.15, 0.2) is 18.2 Å². The van der Waals surface area contributed by atoms with Gasteiger partial charge in [-0.3, -0.25) is 14.4 Å². The van der Waals surface area contributed by atoms with Crippen LogP contribution in [0.1, 0.15) is 27.9 Å². The Kier molecular flexibility index (Phi) is 3.39. The lowest BCUT2D eigenvalue weighted by Gasteiger charge is -2.06. The van der Waals surface area contributed by atoms with Crippen LogP contribution in [0.3, 0.4) is 0 Å². The van der Waals surface area contributed by atoms with Gasteiger partial charge in [-0.1, -0.05) is 6.07 Å². The summed E-state index contributed by atoms with van der Waals surface area (Å²) in [6, 6.07) is 5.59. The van der Waals surface area contributed by atoms with Gasteiger partial charge in [0.2, 0.25) is 5.91 Å². The van der Waals surface area contributed by atoms with Crippen LogP contribution in [0, 0.1) is 0 Å². The highest BCUT2D eigenvalue weighted by molar-refractivity contribution is 5.93. The van der Waals surface area contributed by atoms with E-state index >= 15 is 0 Å². The van der Waals surface area contributed by atoms with E-state index in [4.69, 9.17) is 5.73 Å². The number of fused-ring (bicyclic) bond motifs is 1. The minimum atomic E-state index is -0.626. The standard InChI is InChI=1S/C12H14N2O3/c13-11(15)7-17-14-12(16)10-5-4-8-2-1-3-9(8)6-10/h4-6H,1-3,7H2,(H2,13,15)(H,14,16). The number of carbonyl (C=O) groups is 2. The van der Waals surface area contributed by atoms with Crippen molar-refractivity contribution in [1.29, 1.82) is 0 Å². The number of primary amides is 1. The van der Waals surface area contributed by atoms with Gasteiger partial charge in [-0.15, -0.1) is 0 Å². The Morgan fingerprint density at radius 1 is 1.29 bits per heavy atom. The zero-order valence-electron chi connectivity index (χ0n) is 9.36. The molecule has 0 radical (unpaired) electrons. The average molecular weight is 234 g/mol. The smallest absolute Gasteiger partial charge is 0.274 e. The quantitative estimate of drug-likeness (QED) is 0.736. The first-order valence-corrected chi connectivity index (χ1v) is 5.49. The topological polar surface area (TPSA) is 81.4 Å². The summed E-state index contributed by atoms with van der Waals surface area (Å²) in [4.78, 5) is 26.7. The van der Waals surface area contributed by atoms with Crippen molar-refractivity contribution in [3.8, 4) is 0 Å². The third-order valence-corrected chi connectivity index (χ3v) is 2.74. The molecule has 0 atom stereocenters. The van der Waals surface area contributed by atoms with Gasteiger partial charge in [0, 0.05) is 5.56 Å². The molecule has 0 bridgehead atoms. The first-order chi connectivity index (χ1) is 8.16. The van der Waals surface area contributed by atoms with Crippen LogP contribution in [0.4, 0.5) is 0 Å². The summed E-state index contributed by atoms with van der Waals surface area (Å²) in [6.07, 6.45) is 3.23. The van der Waals surface area contributed by atoms with Crippen molar-refractivity contribution < 1.29 is 14.4 Å². The van der Waals surface area contributed by atoms with Crippen molar-refractivity contribution >= 4 is 11.8 Å². The van der Waals surface area contributed by atoms with Gasteiger partial charge in [-0.2, -0.15) is 0 Å². The van der Waals surface area contributed by atoms with Crippen LogP contribution in [-0.2, 0) is 22.5 Å². The molecule has 0 saturated carbocycles. The Morgan fingerprint density at radius 2 is 2.06 bits per heavy atom. The predicted octanol–water partition coefficient (Wildman–Crippen LogP) is 0.322. The lowest BCUT2D eigenvalue weighted by molar-refractivity contribution is -0.124. The third-order valence-electron chi connectivity index (χ3n) is 2.74. The van der Waals surface area contributed by atoms with Crippen molar-refractivity contribution in [3.05, 3.63) is 34.9 Å². The summed E-state index contributed by atoms with van der Waals surface area (Å²) in [6.45, 7) is -0.323. The van der Waals surface area contributed by atoms with E-state index in [2.05, 4.69) is 10.3 Å². The van der Waals surface area contributed by atoms with E-state index in [0.29, 0.717) is 5.56 Å². The van der Waals surface area contributed by atoms with E-state index in [1.807, 2.05) is 12.1 Å². The number of hydroxylamine groups is 1. The first kappa shape index (κ1) is 11.6. The molecule has 2 amide bonds. The van der Waals surface area contributed by atoms with Crippen LogP contribution >= 0.6 is 0 Å². The monoisotopic (exact) mass is 234 g/mol. The molecule has 0 spiro atoms. The molecular formula is C12H14N2O3. The minimum absolute atomic E-state index is 0.323. The molecular weight excluding hydrogens is 220 g/mol. The molecule has 0 unspecified atom stereocenters. The van der Waals surface area contributed by atoms with E-state index in [0.717, 1.165) is 19.3 Å². The highest BCUT2D eigenvalue weighted by Crippen LogP contribution is 2.22. The van der Waals surface area contributed by atoms with E-state index in [1.165, 1.54) is 11.1 Å². The van der Waals surface area contributed by atoms with Crippen molar-refractivity contribution in [2.24, 2.45) is 5.73 Å². The fourth-order valence-corrected chi connectivity index (χ4v) is 1.94. The maximum Gasteiger partial charge on any atom is 0.274 e. The molecule has 1 aliphatic rings. The second-order valence-electron chi connectivity index (χ2n) is 4.02. The number of hydrogen-bond donors (Lipinski definition) is 2. The fourth-order valence-electron chi connectivity index (χ4n) is 1.94. The maximum atomic E-state index is 11.6. The molecule has 3 N–H and O–H groups in total. The maximum absolute atomic E-state index is 11.6. The van der Waals surface area contributed by atoms with Gasteiger partial charge < -0.3 is 5.73 Å². The minimum Gasteiger partial charge on any atom is -0.368 e. The summed E-state index contributed by atoms with van der Waals surface area (Å²) in [5, 5.41) is 0. The van der Waals surface area contributed by atoms with E-state index in [9.17, 15) is 9.59 Å². The van der Waals surface area contributed by atoms with Gasteiger partial charge >= 0.3 is 0 Å². The zero-order valence-corrected chi connectivity index (χ0v) is 9.36. The molecule has 90 valence electrons. The summed E-state index contributed by atoms with van der Waals surface area (Å²) in [5.41, 5.74) is 10.1. The number of carbonyl (C=O) groups excluding carboxylic acids is 2. The molecule has 0 heterocycles. The highest BCUT2D eigenvalue weighted by atomic mass is 16.7. The Morgan fingerprint density at radius 3 is 2.82 bits per heavy atom. The number of benzene rings is 1. The molecule has 1 aromatic rings. The van der Waals surface area contributed by atoms with Gasteiger partial charge in [0.25, 0.3) is 5.91 Å². The van der Waals surface area contributed by atoms with Gasteiger partial charge in [-0.05, 0) is 42.5 Å². The fraction of sp³-hybridized carbons (Fsp3) is 0.333. The molecule has 0 saturated heterocycles. The normalized spacial score (nSPS) is 13.2. The van der Waals surface area contributed by atoms with Gasteiger partial charge in [0.05, 0.1) is 0 Å². The molecule has 1 aliphatic carbocycles. The molecule has 0 aliphatic heterocycles. The van der Waals surface area contributed by atoms with Crippen LogP contribution in [-0.4, -0.2) is 18.4 Å². The summed E-state index contributed by atoms with van der Waals surface area (Å²) < 4.78 is 0. The first-order valence-electron chi connectivity index (χ1n) is 5.49. The van der Waals surface area contributed by atoms with Gasteiger partial charge in [0.15, 0.2) is 6.61 Å². The Hall–Kier alpha value is -1.88. The molecule has 5 nitrogen and oxygen atoms in total. The molecule has 1 aromatic carbocycles. The number of nitrogens with one attached hydrogen (secondary N) is 1. The van der Waals surface area contributed by atoms with Crippen LogP contribution in [0.2, 0.25) is 0 Å². The number of amides is 2. The van der Waals surface area contributed by atoms with Crippen molar-refractivity contribution in [2.75, 3.05) is 6.61 Å². The lowest BCUT2D eigenvalue weighted by atomic mass is 10.1. The summed E-state index contributed by atoms with van der Waals surface area (Å²) in [5.74, 6) is -0.986. The Balaban J connectivity index is 1.97. The molecule has 0 fully saturated rings. The highest BCUT2D eigenvalue weighted by Gasteiger charge is 2.13. The molecule has 5 heteroatoms. The van der Waals surface area contributed by atoms with Crippen molar-refractivity contribution in [1.82, 2.24) is 5.48 Å². The third kappa shape index (κ3) is 2.82. The van der Waals surface area contributed by atoms with Crippen molar-refractivity contribution in [3.63, 3.8) is 0 Å². The number of aryl methyl sites for hydroxylation is 2.